The number of methoxy groups -OCH3 is 1. The van der Waals surface area contributed by atoms with Gasteiger partial charge in [0.1, 0.15) is 0 Å². The van der Waals surface area contributed by atoms with Crippen molar-refractivity contribution in [1.82, 2.24) is 5.32 Å². The highest BCUT2D eigenvalue weighted by molar-refractivity contribution is 5.83. The number of carbonyl (C=O) groups is 2. The number of hydrogen-bond donors (Lipinski definition) is 2. The molecule has 0 saturated heterocycles. The molecule has 1 rings (SSSR count). The zero-order chi connectivity index (χ0) is 17.6. The highest BCUT2D eigenvalue weighted by Crippen LogP contribution is 2.17. The van der Waals surface area contributed by atoms with Crippen molar-refractivity contribution >= 4 is 11.9 Å². The van der Waals surface area contributed by atoms with Crippen LogP contribution in [-0.2, 0) is 20.7 Å². The van der Waals surface area contributed by atoms with Gasteiger partial charge in [0, 0.05) is 6.54 Å². The fourth-order valence-electron chi connectivity index (χ4n) is 2.26. The lowest BCUT2D eigenvalue weighted by atomic mass is 9.87. The Morgan fingerprint density at radius 1 is 1.30 bits per heavy atom. The fraction of sp³-hybridized carbons (Fsp3) is 0.556. The Morgan fingerprint density at radius 2 is 1.96 bits per heavy atom. The third kappa shape index (κ3) is 6.02. The molecule has 0 aromatic heterocycles. The number of benzene rings is 1. The lowest BCUT2D eigenvalue weighted by molar-refractivity contribution is -0.145. The third-order valence-electron chi connectivity index (χ3n) is 3.84. The van der Waals surface area contributed by atoms with Crippen LogP contribution in [0.3, 0.4) is 0 Å². The SMILES string of the molecule is COC(=O)C(CNC(=O)[C@@H](N)C(C)(C)C)Cc1cccc(C)c1. The number of rotatable bonds is 6. The second kappa shape index (κ2) is 8.11. The van der Waals surface area contributed by atoms with Crippen LogP contribution in [0.25, 0.3) is 0 Å². The lowest BCUT2D eigenvalue weighted by Crippen LogP contribution is -2.50. The van der Waals surface area contributed by atoms with E-state index in [9.17, 15) is 9.59 Å². The van der Waals surface area contributed by atoms with E-state index in [1.165, 1.54) is 7.11 Å². The predicted octanol–water partition coefficient (Wildman–Crippen LogP) is 1.82. The number of nitrogens with one attached hydrogen (secondary N) is 1. The van der Waals surface area contributed by atoms with Crippen molar-refractivity contribution in [1.29, 1.82) is 0 Å². The van der Waals surface area contributed by atoms with Gasteiger partial charge < -0.3 is 15.8 Å². The zero-order valence-electron chi connectivity index (χ0n) is 14.7. The molecular formula is C18H28N2O3. The van der Waals surface area contributed by atoms with E-state index in [1.807, 2.05) is 52.0 Å². The summed E-state index contributed by atoms with van der Waals surface area (Å²) in [5.74, 6) is -1.02. The van der Waals surface area contributed by atoms with Crippen LogP contribution >= 0.6 is 0 Å². The van der Waals surface area contributed by atoms with E-state index in [-0.39, 0.29) is 23.8 Å². The maximum atomic E-state index is 12.1. The number of esters is 1. The Hall–Kier alpha value is -1.88. The number of hydrogen-bond acceptors (Lipinski definition) is 4. The molecule has 1 aromatic carbocycles. The predicted molar refractivity (Wildman–Crippen MR) is 90.8 cm³/mol. The molecule has 0 aliphatic heterocycles. The molecule has 0 fully saturated rings. The molecule has 0 saturated carbocycles. The first-order valence-electron chi connectivity index (χ1n) is 7.81. The van der Waals surface area contributed by atoms with Gasteiger partial charge in [0.2, 0.25) is 5.91 Å². The summed E-state index contributed by atoms with van der Waals surface area (Å²) >= 11 is 0. The summed E-state index contributed by atoms with van der Waals surface area (Å²) in [6.45, 7) is 7.93. The normalized spacial score (nSPS) is 14.0. The molecule has 1 amide bonds. The van der Waals surface area contributed by atoms with Gasteiger partial charge in [0.15, 0.2) is 0 Å². The summed E-state index contributed by atoms with van der Waals surface area (Å²) in [4.78, 5) is 24.1. The first-order chi connectivity index (χ1) is 10.6. The molecule has 5 nitrogen and oxygen atoms in total. The van der Waals surface area contributed by atoms with Crippen molar-refractivity contribution in [3.8, 4) is 0 Å². The van der Waals surface area contributed by atoms with Crippen LogP contribution in [-0.4, -0.2) is 31.6 Å². The monoisotopic (exact) mass is 320 g/mol. The minimum atomic E-state index is -0.625. The van der Waals surface area contributed by atoms with E-state index < -0.39 is 12.0 Å². The fourth-order valence-corrected chi connectivity index (χ4v) is 2.26. The molecule has 0 radical (unpaired) electrons. The van der Waals surface area contributed by atoms with Crippen LogP contribution in [0.2, 0.25) is 0 Å². The summed E-state index contributed by atoms with van der Waals surface area (Å²) in [5.41, 5.74) is 7.77. The van der Waals surface area contributed by atoms with E-state index in [2.05, 4.69) is 5.32 Å². The molecule has 0 aliphatic rings. The summed E-state index contributed by atoms with van der Waals surface area (Å²) in [6, 6.07) is 7.32. The second-order valence-electron chi connectivity index (χ2n) is 7.00. The van der Waals surface area contributed by atoms with Crippen LogP contribution in [0, 0.1) is 18.3 Å². The maximum Gasteiger partial charge on any atom is 0.310 e. The van der Waals surface area contributed by atoms with Crippen LogP contribution in [0.1, 0.15) is 31.9 Å². The van der Waals surface area contributed by atoms with Crippen molar-refractivity contribution in [2.45, 2.75) is 40.2 Å². The van der Waals surface area contributed by atoms with Gasteiger partial charge in [-0.05, 0) is 24.3 Å². The lowest BCUT2D eigenvalue weighted by Gasteiger charge is -2.26. The number of nitrogens with two attached hydrogens (primary N) is 1. The third-order valence-corrected chi connectivity index (χ3v) is 3.84. The van der Waals surface area contributed by atoms with Crippen molar-refractivity contribution in [2.24, 2.45) is 17.1 Å². The average molecular weight is 320 g/mol. The summed E-state index contributed by atoms with van der Waals surface area (Å²) < 4.78 is 4.85. The van der Waals surface area contributed by atoms with Crippen molar-refractivity contribution in [3.63, 3.8) is 0 Å². The number of aryl methyl sites for hydroxylation is 1. The molecule has 1 unspecified atom stereocenters. The zero-order valence-corrected chi connectivity index (χ0v) is 14.7. The van der Waals surface area contributed by atoms with E-state index >= 15 is 0 Å². The smallest absolute Gasteiger partial charge is 0.310 e. The summed E-state index contributed by atoms with van der Waals surface area (Å²) in [6.07, 6.45) is 0.513. The van der Waals surface area contributed by atoms with Crippen molar-refractivity contribution in [2.75, 3.05) is 13.7 Å². The van der Waals surface area contributed by atoms with E-state index in [0.29, 0.717) is 6.42 Å². The average Bonchev–Trinajstić information content (AvgIpc) is 2.48. The molecule has 5 heteroatoms. The summed E-state index contributed by atoms with van der Waals surface area (Å²) in [7, 11) is 1.36. The largest absolute Gasteiger partial charge is 0.469 e. The topological polar surface area (TPSA) is 81.4 Å². The van der Waals surface area contributed by atoms with Gasteiger partial charge in [-0.3, -0.25) is 9.59 Å². The van der Waals surface area contributed by atoms with Crippen LogP contribution < -0.4 is 11.1 Å². The van der Waals surface area contributed by atoms with Gasteiger partial charge in [0.25, 0.3) is 0 Å². The van der Waals surface area contributed by atoms with Crippen LogP contribution in [0.4, 0.5) is 0 Å². The first kappa shape index (κ1) is 19.2. The van der Waals surface area contributed by atoms with Gasteiger partial charge in [-0.15, -0.1) is 0 Å². The molecule has 3 N–H and O–H groups in total. The summed E-state index contributed by atoms with van der Waals surface area (Å²) in [5, 5.41) is 2.77. The first-order valence-corrected chi connectivity index (χ1v) is 7.81. The molecule has 128 valence electrons. The van der Waals surface area contributed by atoms with Gasteiger partial charge in [-0.1, -0.05) is 50.6 Å². The molecular weight excluding hydrogens is 292 g/mol. The van der Waals surface area contributed by atoms with E-state index in [0.717, 1.165) is 11.1 Å². The molecule has 23 heavy (non-hydrogen) atoms. The van der Waals surface area contributed by atoms with Gasteiger partial charge >= 0.3 is 5.97 Å². The molecule has 0 aliphatic carbocycles. The van der Waals surface area contributed by atoms with Gasteiger partial charge in [-0.2, -0.15) is 0 Å². The minimum Gasteiger partial charge on any atom is -0.469 e. The van der Waals surface area contributed by atoms with Crippen LogP contribution in [0.5, 0.6) is 0 Å². The van der Waals surface area contributed by atoms with Crippen molar-refractivity contribution < 1.29 is 14.3 Å². The number of ether oxygens (including phenoxy) is 1. The van der Waals surface area contributed by atoms with Crippen LogP contribution in [0.15, 0.2) is 24.3 Å². The number of carbonyl (C=O) groups excluding carboxylic acids is 2. The molecule has 1 aromatic rings. The molecule has 2 atom stereocenters. The number of amides is 1. The maximum absolute atomic E-state index is 12.1. The molecule has 0 bridgehead atoms. The standard InChI is InChI=1S/C18H28N2O3/c1-12-7-6-8-13(9-12)10-14(17(22)23-5)11-20-16(21)15(19)18(2,3)4/h6-9,14-15H,10-11,19H2,1-5H3,(H,20,21)/t14?,15-/m1/s1. The highest BCUT2D eigenvalue weighted by Gasteiger charge is 2.28. The molecule has 0 spiro atoms. The second-order valence-corrected chi connectivity index (χ2v) is 7.00. The highest BCUT2D eigenvalue weighted by atomic mass is 16.5. The Balaban J connectivity index is 2.73. The minimum absolute atomic E-state index is 0.212. The Morgan fingerprint density at radius 3 is 2.48 bits per heavy atom. The quantitative estimate of drug-likeness (QED) is 0.783. The van der Waals surface area contributed by atoms with Gasteiger partial charge in [0.05, 0.1) is 19.1 Å². The molecule has 0 heterocycles. The van der Waals surface area contributed by atoms with Gasteiger partial charge in [-0.25, -0.2) is 0 Å². The van der Waals surface area contributed by atoms with Crippen molar-refractivity contribution in [3.05, 3.63) is 35.4 Å². The Kier molecular flexibility index (Phi) is 6.76. The van der Waals surface area contributed by atoms with E-state index in [1.54, 1.807) is 0 Å². The van der Waals surface area contributed by atoms with E-state index in [4.69, 9.17) is 10.5 Å². The Labute approximate surface area is 138 Å². The Bertz CT molecular complexity index is 549.